The van der Waals surface area contributed by atoms with Gasteiger partial charge in [-0.2, -0.15) is 0 Å². The summed E-state index contributed by atoms with van der Waals surface area (Å²) < 4.78 is 18.5. The zero-order chi connectivity index (χ0) is 22.9. The van der Waals surface area contributed by atoms with Gasteiger partial charge < -0.3 is 19.9 Å². The Labute approximate surface area is 190 Å². The predicted octanol–water partition coefficient (Wildman–Crippen LogP) is 5.27. The number of urea groups is 1. The van der Waals surface area contributed by atoms with Crippen LogP contribution in [0.5, 0.6) is 0 Å². The summed E-state index contributed by atoms with van der Waals surface area (Å²) in [5.74, 6) is -0.869. The summed E-state index contributed by atoms with van der Waals surface area (Å²) in [5, 5.41) is 3.99. The fourth-order valence-corrected chi connectivity index (χ4v) is 4.52. The third-order valence-electron chi connectivity index (χ3n) is 6.06. The molecule has 3 aromatic carbocycles. The molecule has 0 radical (unpaired) electrons. The third-order valence-corrected chi connectivity index (χ3v) is 6.06. The van der Waals surface area contributed by atoms with Crippen LogP contribution in [0.1, 0.15) is 33.2 Å². The number of hydrogen-bond donors (Lipinski definition) is 2. The van der Waals surface area contributed by atoms with Crippen molar-refractivity contribution in [3.63, 3.8) is 0 Å². The molecule has 1 aliphatic heterocycles. The fourth-order valence-electron chi connectivity index (χ4n) is 4.52. The number of nitrogens with zero attached hydrogens (tertiary/aromatic N) is 1. The van der Waals surface area contributed by atoms with Crippen LogP contribution in [0.25, 0.3) is 10.9 Å². The number of carbonyl (C=O) groups is 2. The van der Waals surface area contributed by atoms with Crippen LogP contribution >= 0.6 is 0 Å². The molecule has 0 unspecified atom stereocenters. The molecule has 7 heteroatoms. The summed E-state index contributed by atoms with van der Waals surface area (Å²) in [5.41, 5.74) is 4.49. The Bertz CT molecular complexity index is 1350. The number of H-pyrrole nitrogens is 1. The summed E-state index contributed by atoms with van der Waals surface area (Å²) in [7, 11) is 1.30. The Balaban J connectivity index is 1.56. The van der Waals surface area contributed by atoms with E-state index < -0.39 is 12.0 Å². The van der Waals surface area contributed by atoms with Gasteiger partial charge in [-0.05, 0) is 47.9 Å². The van der Waals surface area contributed by atoms with Crippen molar-refractivity contribution in [2.24, 2.45) is 0 Å². The van der Waals surface area contributed by atoms with E-state index in [4.69, 9.17) is 4.74 Å². The van der Waals surface area contributed by atoms with E-state index in [9.17, 15) is 14.0 Å². The van der Waals surface area contributed by atoms with Crippen LogP contribution in [-0.2, 0) is 11.2 Å². The van der Waals surface area contributed by atoms with E-state index in [1.54, 1.807) is 41.3 Å². The molecule has 166 valence electrons. The van der Waals surface area contributed by atoms with E-state index in [2.05, 4.69) is 16.4 Å². The van der Waals surface area contributed by atoms with Gasteiger partial charge >= 0.3 is 12.0 Å². The number of carbonyl (C=O) groups excluding carboxylic acids is 2. The van der Waals surface area contributed by atoms with Gasteiger partial charge in [0.1, 0.15) is 5.82 Å². The number of rotatable bonds is 3. The summed E-state index contributed by atoms with van der Waals surface area (Å²) in [6, 6.07) is 20.1. The minimum absolute atomic E-state index is 0.273. The van der Waals surface area contributed by atoms with Crippen LogP contribution in [-0.4, -0.2) is 35.5 Å². The van der Waals surface area contributed by atoms with Gasteiger partial charge in [0.25, 0.3) is 0 Å². The van der Waals surface area contributed by atoms with E-state index in [-0.39, 0.29) is 17.4 Å². The number of anilines is 1. The largest absolute Gasteiger partial charge is 0.465 e. The van der Waals surface area contributed by atoms with Gasteiger partial charge in [0.05, 0.1) is 24.4 Å². The quantitative estimate of drug-likeness (QED) is 0.424. The topological polar surface area (TPSA) is 74.4 Å². The van der Waals surface area contributed by atoms with Gasteiger partial charge in [0.15, 0.2) is 0 Å². The van der Waals surface area contributed by atoms with Crippen molar-refractivity contribution in [2.45, 2.75) is 12.5 Å². The molecule has 0 spiro atoms. The number of aromatic nitrogens is 1. The highest BCUT2D eigenvalue weighted by molar-refractivity contribution is 6.01. The average molecular weight is 443 g/mol. The van der Waals surface area contributed by atoms with Crippen molar-refractivity contribution in [3.05, 3.63) is 101 Å². The molecule has 0 saturated heterocycles. The molecule has 0 bridgehead atoms. The highest BCUT2D eigenvalue weighted by atomic mass is 19.1. The van der Waals surface area contributed by atoms with E-state index >= 15 is 0 Å². The lowest BCUT2D eigenvalue weighted by atomic mass is 9.92. The molecule has 0 fully saturated rings. The predicted molar refractivity (Wildman–Crippen MR) is 124 cm³/mol. The third kappa shape index (κ3) is 3.71. The summed E-state index contributed by atoms with van der Waals surface area (Å²) in [6.45, 7) is 0.461. The molecule has 1 aromatic heterocycles. The van der Waals surface area contributed by atoms with Crippen LogP contribution in [0.3, 0.4) is 0 Å². The Hall–Kier alpha value is -4.13. The number of ether oxygens (including phenoxy) is 1. The highest BCUT2D eigenvalue weighted by Gasteiger charge is 2.35. The molecule has 1 aliphatic rings. The molecule has 33 heavy (non-hydrogen) atoms. The minimum Gasteiger partial charge on any atom is -0.465 e. The number of fused-ring (bicyclic) bond motifs is 3. The number of amides is 2. The minimum atomic E-state index is -0.530. The molecule has 4 aromatic rings. The molecule has 1 atom stereocenters. The Morgan fingerprint density at radius 3 is 2.55 bits per heavy atom. The van der Waals surface area contributed by atoms with Gasteiger partial charge in [-0.15, -0.1) is 0 Å². The fraction of sp³-hybridized carbons (Fsp3) is 0.154. The van der Waals surface area contributed by atoms with Crippen molar-refractivity contribution < 1.29 is 18.7 Å². The number of halogens is 1. The smallest absolute Gasteiger partial charge is 0.339 e. The summed E-state index contributed by atoms with van der Waals surface area (Å²) in [6.07, 6.45) is 0.670. The lowest BCUT2D eigenvalue weighted by Gasteiger charge is -2.36. The molecule has 0 aliphatic carbocycles. The van der Waals surface area contributed by atoms with E-state index in [0.29, 0.717) is 18.7 Å². The van der Waals surface area contributed by atoms with Gasteiger partial charge in [-0.1, -0.05) is 42.5 Å². The van der Waals surface area contributed by atoms with Crippen LogP contribution < -0.4 is 5.32 Å². The number of benzene rings is 3. The van der Waals surface area contributed by atoms with Gasteiger partial charge in [0, 0.05) is 23.1 Å². The first kappa shape index (κ1) is 20.8. The Morgan fingerprint density at radius 2 is 1.76 bits per heavy atom. The van der Waals surface area contributed by atoms with Crippen molar-refractivity contribution in [1.29, 1.82) is 0 Å². The van der Waals surface area contributed by atoms with Gasteiger partial charge in [0.2, 0.25) is 0 Å². The van der Waals surface area contributed by atoms with Crippen LogP contribution in [0.4, 0.5) is 14.9 Å². The molecular weight excluding hydrogens is 421 g/mol. The zero-order valence-corrected chi connectivity index (χ0v) is 18.0. The van der Waals surface area contributed by atoms with Crippen molar-refractivity contribution in [3.8, 4) is 0 Å². The Morgan fingerprint density at radius 1 is 1.03 bits per heavy atom. The number of methoxy groups -OCH3 is 1. The number of hydrogen-bond acceptors (Lipinski definition) is 3. The lowest BCUT2D eigenvalue weighted by molar-refractivity contribution is 0.0602. The van der Waals surface area contributed by atoms with E-state index in [1.165, 1.54) is 19.2 Å². The maximum atomic E-state index is 13.7. The van der Waals surface area contributed by atoms with Crippen molar-refractivity contribution in [2.75, 3.05) is 19.0 Å². The number of aromatic amines is 1. The maximum absolute atomic E-state index is 13.7. The van der Waals surface area contributed by atoms with Crippen molar-refractivity contribution >= 4 is 28.6 Å². The van der Waals surface area contributed by atoms with E-state index in [1.807, 2.05) is 18.2 Å². The second-order valence-electron chi connectivity index (χ2n) is 7.93. The zero-order valence-electron chi connectivity index (χ0n) is 18.0. The first-order valence-corrected chi connectivity index (χ1v) is 10.7. The maximum Gasteiger partial charge on any atom is 0.339 e. The monoisotopic (exact) mass is 443 g/mol. The molecule has 2 heterocycles. The SMILES string of the molecule is COC(=O)c1ccccc1NC(=O)N1CCc2c([nH]c3ccccc23)[C@@H]1c1ccc(F)cc1. The number of para-hydroxylation sites is 2. The molecule has 5 rings (SSSR count). The molecular formula is C26H22FN3O3. The van der Waals surface area contributed by atoms with E-state index in [0.717, 1.165) is 27.7 Å². The molecule has 0 saturated carbocycles. The normalized spacial score (nSPS) is 15.2. The average Bonchev–Trinajstić information content (AvgIpc) is 3.22. The van der Waals surface area contributed by atoms with Crippen LogP contribution in [0.15, 0.2) is 72.8 Å². The summed E-state index contributed by atoms with van der Waals surface area (Å²) in [4.78, 5) is 30.8. The number of esters is 1. The Kier molecular flexibility index (Phi) is 5.30. The second kappa shape index (κ2) is 8.43. The van der Waals surface area contributed by atoms with Crippen LogP contribution in [0.2, 0.25) is 0 Å². The second-order valence-corrected chi connectivity index (χ2v) is 7.93. The lowest BCUT2D eigenvalue weighted by Crippen LogP contribution is -2.43. The first-order chi connectivity index (χ1) is 16.1. The summed E-state index contributed by atoms with van der Waals surface area (Å²) >= 11 is 0. The standard InChI is InChI=1S/C26H22FN3O3/c1-33-25(31)20-7-3-5-9-22(20)29-26(32)30-15-14-19-18-6-2-4-8-21(18)28-23(19)24(30)16-10-12-17(27)13-11-16/h2-13,24,28H,14-15H2,1H3,(H,29,32)/t24-/m0/s1. The molecule has 6 nitrogen and oxygen atoms in total. The van der Waals surface area contributed by atoms with Gasteiger partial charge in [-0.3, -0.25) is 0 Å². The van der Waals surface area contributed by atoms with Crippen molar-refractivity contribution in [1.82, 2.24) is 9.88 Å². The van der Waals surface area contributed by atoms with Crippen LogP contribution in [0, 0.1) is 5.82 Å². The first-order valence-electron chi connectivity index (χ1n) is 10.7. The molecule has 2 amide bonds. The van der Waals surface area contributed by atoms with Gasteiger partial charge in [-0.25, -0.2) is 14.0 Å². The molecule has 2 N–H and O–H groups in total. The number of nitrogens with one attached hydrogen (secondary N) is 2. The highest BCUT2D eigenvalue weighted by Crippen LogP contribution is 2.38.